The summed E-state index contributed by atoms with van der Waals surface area (Å²) in [7, 11) is 1.56. The fourth-order valence-corrected chi connectivity index (χ4v) is 4.42. The molecule has 1 aliphatic carbocycles. The van der Waals surface area contributed by atoms with Crippen LogP contribution in [0.3, 0.4) is 0 Å². The van der Waals surface area contributed by atoms with E-state index in [2.05, 4.69) is 54.2 Å². The highest BCUT2D eigenvalue weighted by atomic mass is 127. The quantitative estimate of drug-likeness (QED) is 0.549. The minimum absolute atomic E-state index is 0.0688. The summed E-state index contributed by atoms with van der Waals surface area (Å²) in [4.78, 5) is 16.9. The number of pyridine rings is 1. The highest BCUT2D eigenvalue weighted by Crippen LogP contribution is 2.35. The maximum absolute atomic E-state index is 12.2. The molecule has 0 spiro atoms. The molecule has 2 N–H and O–H groups in total. The van der Waals surface area contributed by atoms with Gasteiger partial charge >= 0.3 is 0 Å². The van der Waals surface area contributed by atoms with Crippen molar-refractivity contribution in [1.82, 2.24) is 24.1 Å². The summed E-state index contributed by atoms with van der Waals surface area (Å²) in [5.74, 6) is 0.822. The molecule has 1 aliphatic heterocycles. The summed E-state index contributed by atoms with van der Waals surface area (Å²) in [6, 6.07) is 4.45. The third kappa shape index (κ3) is 2.91. The molecule has 0 aromatic carbocycles. The van der Waals surface area contributed by atoms with Crippen molar-refractivity contribution < 1.29 is 4.79 Å². The van der Waals surface area contributed by atoms with Crippen LogP contribution in [0, 0.1) is 5.92 Å². The first-order valence-corrected chi connectivity index (χ1v) is 11.9. The molecule has 9 heteroatoms. The summed E-state index contributed by atoms with van der Waals surface area (Å²) in [5, 5.41) is 11.9. The van der Waals surface area contributed by atoms with Crippen LogP contribution in [0.15, 0.2) is 30.7 Å². The van der Waals surface area contributed by atoms with Crippen LogP contribution < -0.4 is 10.6 Å². The standard InChI is InChI=1S/C17H17IN6OS/c18-26-24-4-3-13-14(11-6-20-23(9-11)12-7-19-8-12)5-15(21-16(13)24)22-17(25)10-1-2-10/h3-6,9-10,12,19H,1-2,7-8H2,(H,21,22,25). The van der Waals surface area contributed by atoms with Gasteiger partial charge in [0, 0.05) is 72.7 Å². The third-order valence-electron chi connectivity index (χ3n) is 4.94. The Morgan fingerprint density at radius 3 is 2.92 bits per heavy atom. The molecule has 26 heavy (non-hydrogen) atoms. The lowest BCUT2D eigenvalue weighted by molar-refractivity contribution is -0.117. The molecule has 1 saturated carbocycles. The number of nitrogens with zero attached hydrogens (tertiary/aromatic N) is 4. The van der Waals surface area contributed by atoms with Crippen molar-refractivity contribution in [2.24, 2.45) is 5.92 Å². The van der Waals surface area contributed by atoms with E-state index in [1.165, 1.54) is 0 Å². The monoisotopic (exact) mass is 480 g/mol. The van der Waals surface area contributed by atoms with Crippen molar-refractivity contribution in [2.45, 2.75) is 18.9 Å². The van der Waals surface area contributed by atoms with Crippen LogP contribution in [0.4, 0.5) is 5.82 Å². The molecule has 0 atom stereocenters. The first-order chi connectivity index (χ1) is 12.7. The Kier molecular flexibility index (Phi) is 4.17. The molecule has 0 radical (unpaired) electrons. The first kappa shape index (κ1) is 16.6. The topological polar surface area (TPSA) is 76.8 Å². The molecule has 134 valence electrons. The molecule has 1 saturated heterocycles. The van der Waals surface area contributed by atoms with Gasteiger partial charge in [0.1, 0.15) is 5.82 Å². The van der Waals surface area contributed by atoms with Gasteiger partial charge in [0.15, 0.2) is 5.65 Å². The lowest BCUT2D eigenvalue weighted by Crippen LogP contribution is -2.43. The summed E-state index contributed by atoms with van der Waals surface area (Å²) < 4.78 is 4.02. The fraction of sp³-hybridized carbons (Fsp3) is 0.353. The number of nitrogens with one attached hydrogen (secondary N) is 2. The maximum atomic E-state index is 12.2. The number of anilines is 1. The minimum atomic E-state index is 0.0688. The molecule has 1 amide bonds. The van der Waals surface area contributed by atoms with E-state index in [0.29, 0.717) is 11.9 Å². The molecule has 5 rings (SSSR count). The van der Waals surface area contributed by atoms with Crippen LogP contribution in [-0.4, -0.2) is 37.7 Å². The molecule has 0 unspecified atom stereocenters. The molecule has 7 nitrogen and oxygen atoms in total. The number of hydrogen-bond acceptors (Lipinski definition) is 5. The number of aromatic nitrogens is 4. The zero-order chi connectivity index (χ0) is 17.7. The van der Waals surface area contributed by atoms with Gasteiger partial charge in [-0.05, 0) is 30.5 Å². The van der Waals surface area contributed by atoms with E-state index in [4.69, 9.17) is 0 Å². The Morgan fingerprint density at radius 1 is 1.38 bits per heavy atom. The summed E-state index contributed by atoms with van der Waals surface area (Å²) >= 11 is 2.24. The second kappa shape index (κ2) is 6.54. The van der Waals surface area contributed by atoms with Gasteiger partial charge in [0.25, 0.3) is 0 Å². The highest BCUT2D eigenvalue weighted by Gasteiger charge is 2.30. The van der Waals surface area contributed by atoms with Gasteiger partial charge in [-0.25, -0.2) is 4.98 Å². The summed E-state index contributed by atoms with van der Waals surface area (Å²) in [6.07, 6.45) is 7.94. The Bertz CT molecular complexity index is 990. The van der Waals surface area contributed by atoms with E-state index in [1.54, 1.807) is 9.12 Å². The third-order valence-corrected chi connectivity index (χ3v) is 6.66. The largest absolute Gasteiger partial charge is 0.312 e. The van der Waals surface area contributed by atoms with Crippen LogP contribution in [-0.2, 0) is 4.79 Å². The van der Waals surface area contributed by atoms with Gasteiger partial charge in [-0.2, -0.15) is 5.10 Å². The first-order valence-electron chi connectivity index (χ1n) is 8.60. The molecular formula is C17H17IN6OS. The average molecular weight is 480 g/mol. The number of rotatable bonds is 5. The number of hydrogen-bond donors (Lipinski definition) is 2. The Labute approximate surface area is 166 Å². The summed E-state index contributed by atoms with van der Waals surface area (Å²) in [5.41, 5.74) is 2.94. The van der Waals surface area contributed by atoms with Gasteiger partial charge in [0.05, 0.1) is 12.2 Å². The van der Waals surface area contributed by atoms with Gasteiger partial charge in [0.2, 0.25) is 5.91 Å². The fourth-order valence-electron chi connectivity index (χ4n) is 3.16. The molecular weight excluding hydrogens is 463 g/mol. The normalized spacial score (nSPS) is 17.4. The Hall–Kier alpha value is -1.59. The molecule has 2 aliphatic rings. The van der Waals surface area contributed by atoms with Crippen molar-refractivity contribution in [3.05, 3.63) is 30.7 Å². The van der Waals surface area contributed by atoms with Crippen LogP contribution in [0.5, 0.6) is 0 Å². The Morgan fingerprint density at radius 2 is 2.23 bits per heavy atom. The zero-order valence-corrected chi connectivity index (χ0v) is 16.8. The van der Waals surface area contributed by atoms with E-state index in [1.807, 2.05) is 27.1 Å². The van der Waals surface area contributed by atoms with Crippen LogP contribution in [0.25, 0.3) is 22.2 Å². The van der Waals surface area contributed by atoms with E-state index in [9.17, 15) is 4.79 Å². The highest BCUT2D eigenvalue weighted by molar-refractivity contribution is 14.2. The maximum Gasteiger partial charge on any atom is 0.228 e. The van der Waals surface area contributed by atoms with E-state index < -0.39 is 0 Å². The van der Waals surface area contributed by atoms with Gasteiger partial charge in [-0.3, -0.25) is 13.4 Å². The molecule has 2 fully saturated rings. The lowest BCUT2D eigenvalue weighted by atomic mass is 10.1. The van der Waals surface area contributed by atoms with Gasteiger partial charge in [-0.1, -0.05) is 0 Å². The van der Waals surface area contributed by atoms with Crippen LogP contribution >= 0.6 is 30.3 Å². The number of fused-ring (bicyclic) bond motifs is 1. The Balaban J connectivity index is 1.58. The predicted molar refractivity (Wildman–Crippen MR) is 111 cm³/mol. The zero-order valence-electron chi connectivity index (χ0n) is 13.9. The van der Waals surface area contributed by atoms with E-state index in [-0.39, 0.29) is 11.8 Å². The van der Waals surface area contributed by atoms with Crippen molar-refractivity contribution in [3.8, 4) is 11.1 Å². The predicted octanol–water partition coefficient (Wildman–Crippen LogP) is 3.24. The average Bonchev–Trinajstić information content (AvgIpc) is 3.21. The van der Waals surface area contributed by atoms with Crippen molar-refractivity contribution in [2.75, 3.05) is 18.4 Å². The van der Waals surface area contributed by atoms with E-state index >= 15 is 0 Å². The second-order valence-electron chi connectivity index (χ2n) is 6.79. The molecule has 4 heterocycles. The molecule has 3 aromatic rings. The van der Waals surface area contributed by atoms with E-state index in [0.717, 1.165) is 48.1 Å². The van der Waals surface area contributed by atoms with Gasteiger partial charge in [-0.15, -0.1) is 0 Å². The molecule has 3 aromatic heterocycles. The smallest absolute Gasteiger partial charge is 0.228 e. The van der Waals surface area contributed by atoms with Crippen LogP contribution in [0.1, 0.15) is 18.9 Å². The second-order valence-corrected chi connectivity index (χ2v) is 8.50. The van der Waals surface area contributed by atoms with Crippen molar-refractivity contribution >= 4 is 53.1 Å². The lowest BCUT2D eigenvalue weighted by Gasteiger charge is -2.27. The number of amides is 1. The molecule has 0 bridgehead atoms. The minimum Gasteiger partial charge on any atom is -0.312 e. The SMILES string of the molecule is O=C(Nc1cc(-c2cnn(C3CNC3)c2)c2ccn(SI)c2n1)C1CC1. The van der Waals surface area contributed by atoms with Crippen LogP contribution in [0.2, 0.25) is 0 Å². The number of carbonyl (C=O) groups is 1. The van der Waals surface area contributed by atoms with Crippen molar-refractivity contribution in [1.29, 1.82) is 0 Å². The number of carbonyl (C=O) groups excluding carboxylic acids is 1. The van der Waals surface area contributed by atoms with Crippen molar-refractivity contribution in [3.63, 3.8) is 0 Å². The summed E-state index contributed by atoms with van der Waals surface area (Å²) in [6.45, 7) is 1.91. The van der Waals surface area contributed by atoms with Gasteiger partial charge < -0.3 is 10.6 Å². The number of halogens is 1.